The number of nitrogens with one attached hydrogen (secondary N) is 1. The molecule has 0 spiro atoms. The fourth-order valence-electron chi connectivity index (χ4n) is 2.70. The minimum Gasteiger partial charge on any atom is -0.377 e. The van der Waals surface area contributed by atoms with Crippen LogP contribution in [0.1, 0.15) is 35.2 Å². The predicted octanol–water partition coefficient (Wildman–Crippen LogP) is 3.77. The lowest BCUT2D eigenvalue weighted by atomic mass is 10.1. The Morgan fingerprint density at radius 1 is 1.20 bits per heavy atom. The van der Waals surface area contributed by atoms with Crippen molar-refractivity contribution in [1.29, 1.82) is 5.26 Å². The van der Waals surface area contributed by atoms with Gasteiger partial charge in [-0.15, -0.1) is 0 Å². The van der Waals surface area contributed by atoms with E-state index in [1.54, 1.807) is 18.2 Å². The zero-order valence-corrected chi connectivity index (χ0v) is 11.6. The van der Waals surface area contributed by atoms with Crippen LogP contribution >= 0.6 is 11.6 Å². The van der Waals surface area contributed by atoms with Crippen molar-refractivity contribution in [3.8, 4) is 6.07 Å². The number of hydrogen-bond donors (Lipinski definition) is 2. The number of nitriles is 1. The lowest BCUT2D eigenvalue weighted by Crippen LogP contribution is -2.10. The van der Waals surface area contributed by atoms with Gasteiger partial charge in [-0.1, -0.05) is 35.9 Å². The molecule has 0 amide bonds. The zero-order valence-electron chi connectivity index (χ0n) is 10.8. The first kappa shape index (κ1) is 13.0. The molecular formula is C16H14ClN3. The van der Waals surface area contributed by atoms with Crippen LogP contribution < -0.4 is 11.1 Å². The third kappa shape index (κ3) is 2.24. The summed E-state index contributed by atoms with van der Waals surface area (Å²) in [5.74, 6) is 0. The Kier molecular flexibility index (Phi) is 3.35. The summed E-state index contributed by atoms with van der Waals surface area (Å²) in [6, 6.07) is 15.7. The number of nitrogens with zero attached hydrogens (tertiary/aromatic N) is 1. The summed E-state index contributed by atoms with van der Waals surface area (Å²) in [7, 11) is 0. The lowest BCUT2D eigenvalue weighted by molar-refractivity contribution is 0.648. The molecule has 1 aliphatic carbocycles. The summed E-state index contributed by atoms with van der Waals surface area (Å²) in [4.78, 5) is 0. The first-order valence-electron chi connectivity index (χ1n) is 6.49. The molecule has 100 valence electrons. The maximum Gasteiger partial charge on any atom is 0.0992 e. The van der Waals surface area contributed by atoms with Crippen molar-refractivity contribution in [3.63, 3.8) is 0 Å². The van der Waals surface area contributed by atoms with Gasteiger partial charge < -0.3 is 11.1 Å². The Morgan fingerprint density at radius 3 is 2.70 bits per heavy atom. The Hall–Kier alpha value is -2.02. The van der Waals surface area contributed by atoms with Gasteiger partial charge >= 0.3 is 0 Å². The van der Waals surface area contributed by atoms with Crippen LogP contribution in [0.3, 0.4) is 0 Å². The molecule has 3 nitrogen and oxygen atoms in total. The predicted molar refractivity (Wildman–Crippen MR) is 80.5 cm³/mol. The topological polar surface area (TPSA) is 61.8 Å². The largest absolute Gasteiger partial charge is 0.377 e. The summed E-state index contributed by atoms with van der Waals surface area (Å²) >= 11 is 6.19. The first-order valence-corrected chi connectivity index (χ1v) is 6.87. The number of benzene rings is 2. The molecule has 0 bridgehead atoms. The van der Waals surface area contributed by atoms with E-state index in [0.717, 1.165) is 12.1 Å². The van der Waals surface area contributed by atoms with Crippen molar-refractivity contribution < 1.29 is 0 Å². The molecule has 0 aliphatic heterocycles. The molecule has 4 heteroatoms. The van der Waals surface area contributed by atoms with Gasteiger partial charge in [-0.25, -0.2) is 0 Å². The lowest BCUT2D eigenvalue weighted by Gasteiger charge is -2.17. The minimum atomic E-state index is 0.0432. The minimum absolute atomic E-state index is 0.0432. The highest BCUT2D eigenvalue weighted by atomic mass is 35.5. The summed E-state index contributed by atoms with van der Waals surface area (Å²) in [5, 5.41) is 13.0. The molecule has 20 heavy (non-hydrogen) atoms. The third-order valence-corrected chi connectivity index (χ3v) is 4.02. The molecule has 0 heterocycles. The maximum absolute atomic E-state index is 8.97. The molecule has 0 radical (unpaired) electrons. The second-order valence-corrected chi connectivity index (χ2v) is 5.38. The maximum atomic E-state index is 8.97. The molecule has 3 N–H and O–H groups in total. The van der Waals surface area contributed by atoms with Gasteiger partial charge in [-0.2, -0.15) is 5.26 Å². The molecule has 0 saturated carbocycles. The Bertz CT molecular complexity index is 690. The van der Waals surface area contributed by atoms with Crippen LogP contribution in [-0.2, 0) is 0 Å². The van der Waals surface area contributed by atoms with E-state index in [1.807, 2.05) is 12.1 Å². The number of rotatable bonds is 2. The number of halogens is 1. The van der Waals surface area contributed by atoms with Gasteiger partial charge in [0.25, 0.3) is 0 Å². The first-order chi connectivity index (χ1) is 9.69. The summed E-state index contributed by atoms with van der Waals surface area (Å²) in [6.07, 6.45) is 0.826. The molecule has 2 aromatic rings. The van der Waals surface area contributed by atoms with Crippen LogP contribution in [-0.4, -0.2) is 0 Å². The van der Waals surface area contributed by atoms with Gasteiger partial charge in [0.05, 0.1) is 28.4 Å². The van der Waals surface area contributed by atoms with Gasteiger partial charge in [0, 0.05) is 6.04 Å². The van der Waals surface area contributed by atoms with E-state index in [-0.39, 0.29) is 12.1 Å². The number of hydrogen-bond acceptors (Lipinski definition) is 3. The van der Waals surface area contributed by atoms with E-state index >= 15 is 0 Å². The van der Waals surface area contributed by atoms with Crippen LogP contribution in [0.2, 0.25) is 5.02 Å². The van der Waals surface area contributed by atoms with Crippen molar-refractivity contribution in [1.82, 2.24) is 0 Å². The number of anilines is 1. The summed E-state index contributed by atoms with van der Waals surface area (Å²) < 4.78 is 0. The Morgan fingerprint density at radius 2 is 1.95 bits per heavy atom. The fourth-order valence-corrected chi connectivity index (χ4v) is 2.88. The second-order valence-electron chi connectivity index (χ2n) is 4.97. The van der Waals surface area contributed by atoms with Crippen LogP contribution in [0.5, 0.6) is 0 Å². The Labute approximate surface area is 123 Å². The van der Waals surface area contributed by atoms with E-state index in [9.17, 15) is 0 Å². The van der Waals surface area contributed by atoms with Gasteiger partial charge in [0.2, 0.25) is 0 Å². The second kappa shape index (κ2) is 5.16. The molecular weight excluding hydrogens is 270 g/mol. The van der Waals surface area contributed by atoms with Crippen LogP contribution in [0, 0.1) is 11.3 Å². The van der Waals surface area contributed by atoms with E-state index in [1.165, 1.54) is 11.1 Å². The molecule has 3 rings (SSSR count). The van der Waals surface area contributed by atoms with Gasteiger partial charge in [0.15, 0.2) is 0 Å². The van der Waals surface area contributed by atoms with Gasteiger partial charge in [-0.05, 0) is 35.7 Å². The molecule has 2 atom stereocenters. The van der Waals surface area contributed by atoms with Crippen LogP contribution in [0.15, 0.2) is 42.5 Å². The van der Waals surface area contributed by atoms with Crippen molar-refractivity contribution in [2.45, 2.75) is 18.5 Å². The van der Waals surface area contributed by atoms with Crippen LogP contribution in [0.25, 0.3) is 0 Å². The standard InChI is InChI=1S/C16H14ClN3/c17-13-6-5-10(9-18)7-16(13)20-15-8-14(19)11-3-1-2-4-12(11)15/h1-7,14-15,20H,8,19H2. The molecule has 0 aromatic heterocycles. The average Bonchev–Trinajstić information content (AvgIpc) is 2.78. The third-order valence-electron chi connectivity index (χ3n) is 3.69. The highest BCUT2D eigenvalue weighted by Gasteiger charge is 2.28. The summed E-state index contributed by atoms with van der Waals surface area (Å²) in [5.41, 5.74) is 9.91. The normalized spacial score (nSPS) is 20.2. The van der Waals surface area contributed by atoms with E-state index < -0.39 is 0 Å². The highest BCUT2D eigenvalue weighted by Crippen LogP contribution is 2.40. The monoisotopic (exact) mass is 283 g/mol. The van der Waals surface area contributed by atoms with Gasteiger partial charge in [-0.3, -0.25) is 0 Å². The smallest absolute Gasteiger partial charge is 0.0992 e. The SMILES string of the molecule is N#Cc1ccc(Cl)c(NC2CC(N)c3ccccc32)c1. The molecule has 2 unspecified atom stereocenters. The van der Waals surface area contributed by atoms with Crippen molar-refractivity contribution in [3.05, 3.63) is 64.2 Å². The average molecular weight is 284 g/mol. The highest BCUT2D eigenvalue weighted by molar-refractivity contribution is 6.33. The Balaban J connectivity index is 1.92. The van der Waals surface area contributed by atoms with Crippen molar-refractivity contribution >= 4 is 17.3 Å². The van der Waals surface area contributed by atoms with E-state index in [0.29, 0.717) is 10.6 Å². The molecule has 2 aromatic carbocycles. The zero-order chi connectivity index (χ0) is 14.1. The quantitative estimate of drug-likeness (QED) is 0.882. The molecule has 0 fully saturated rings. The number of fused-ring (bicyclic) bond motifs is 1. The summed E-state index contributed by atoms with van der Waals surface area (Å²) in [6.45, 7) is 0. The van der Waals surface area contributed by atoms with Gasteiger partial charge in [0.1, 0.15) is 0 Å². The van der Waals surface area contributed by atoms with Crippen molar-refractivity contribution in [2.24, 2.45) is 5.73 Å². The number of nitrogens with two attached hydrogens (primary N) is 1. The fraction of sp³-hybridized carbons (Fsp3) is 0.188. The molecule has 1 aliphatic rings. The molecule has 0 saturated heterocycles. The van der Waals surface area contributed by atoms with Crippen molar-refractivity contribution in [2.75, 3.05) is 5.32 Å². The van der Waals surface area contributed by atoms with Crippen LogP contribution in [0.4, 0.5) is 5.69 Å². The van der Waals surface area contributed by atoms with E-state index in [2.05, 4.69) is 23.5 Å². The van der Waals surface area contributed by atoms with E-state index in [4.69, 9.17) is 22.6 Å².